The lowest BCUT2D eigenvalue weighted by molar-refractivity contribution is -0.0930. The normalized spacial score (nSPS) is 23.3. The van der Waals surface area contributed by atoms with Crippen molar-refractivity contribution in [1.82, 2.24) is 0 Å². The molecule has 0 spiro atoms. The highest BCUT2D eigenvalue weighted by Gasteiger charge is 2.17. The molecule has 2 nitrogen and oxygen atoms in total. The number of hydrogen-bond acceptors (Lipinski definition) is 2. The van der Waals surface area contributed by atoms with Crippen molar-refractivity contribution in [3.05, 3.63) is 6.42 Å². The van der Waals surface area contributed by atoms with Gasteiger partial charge in [0.25, 0.3) is 0 Å². The molecule has 1 rings (SSSR count). The molecule has 0 aromatic heterocycles. The Labute approximate surface area is 61.5 Å². The Balaban J connectivity index is 1.81. The number of rotatable bonds is 4. The van der Waals surface area contributed by atoms with E-state index in [4.69, 9.17) is 15.9 Å². The second-order valence-corrected chi connectivity index (χ2v) is 2.28. The zero-order valence-electron chi connectivity index (χ0n) is 5.93. The van der Waals surface area contributed by atoms with E-state index in [0.29, 0.717) is 25.7 Å². The topological polar surface area (TPSA) is 18.5 Å². The van der Waals surface area contributed by atoms with Crippen LogP contribution in [-0.2, 0) is 9.47 Å². The molecule has 1 heterocycles. The molecular formula is C8H11O2. The predicted octanol–water partition coefficient (Wildman–Crippen LogP) is 0.772. The summed E-state index contributed by atoms with van der Waals surface area (Å²) in [6.07, 6.45) is 8.62. The molecule has 1 saturated heterocycles. The van der Waals surface area contributed by atoms with Crippen LogP contribution in [-0.4, -0.2) is 25.9 Å². The van der Waals surface area contributed by atoms with E-state index < -0.39 is 0 Å². The molecule has 1 unspecified atom stereocenters. The molecule has 0 amide bonds. The predicted molar refractivity (Wildman–Crippen MR) is 36.9 cm³/mol. The van der Waals surface area contributed by atoms with Crippen molar-refractivity contribution >= 4 is 0 Å². The van der Waals surface area contributed by atoms with E-state index in [0.717, 1.165) is 13.0 Å². The lowest BCUT2D eigenvalue weighted by atomic mass is 10.2. The van der Waals surface area contributed by atoms with Gasteiger partial charge < -0.3 is 9.47 Å². The summed E-state index contributed by atoms with van der Waals surface area (Å²) in [5.74, 6) is 2.26. The van der Waals surface area contributed by atoms with Gasteiger partial charge in [-0.15, -0.1) is 0 Å². The van der Waals surface area contributed by atoms with Crippen LogP contribution in [0.3, 0.4) is 0 Å². The van der Waals surface area contributed by atoms with E-state index in [-0.39, 0.29) is 0 Å². The zero-order chi connectivity index (χ0) is 7.23. The maximum absolute atomic E-state index is 6.59. The summed E-state index contributed by atoms with van der Waals surface area (Å²) in [4.78, 5) is 0. The molecule has 0 N–H and O–H groups in total. The molecular weight excluding hydrogens is 128 g/mol. The van der Waals surface area contributed by atoms with Gasteiger partial charge in [-0.2, -0.15) is 0 Å². The Morgan fingerprint density at radius 1 is 1.70 bits per heavy atom. The van der Waals surface area contributed by atoms with E-state index in [9.17, 15) is 0 Å². The Bertz CT molecular complexity index is 122. The van der Waals surface area contributed by atoms with Crippen molar-refractivity contribution in [2.24, 2.45) is 0 Å². The summed E-state index contributed by atoms with van der Waals surface area (Å²) in [5.41, 5.74) is 0. The quantitative estimate of drug-likeness (QED) is 0.423. The molecule has 0 aromatic carbocycles. The van der Waals surface area contributed by atoms with Gasteiger partial charge in [0.2, 0.25) is 0 Å². The average Bonchev–Trinajstić information content (AvgIpc) is 1.84. The molecule has 1 atom stereocenters. The fourth-order valence-corrected chi connectivity index (χ4v) is 0.754. The van der Waals surface area contributed by atoms with Gasteiger partial charge in [0.1, 0.15) is 0 Å². The third-order valence-electron chi connectivity index (χ3n) is 1.47. The van der Waals surface area contributed by atoms with Crippen LogP contribution in [0.4, 0.5) is 0 Å². The molecule has 0 aliphatic carbocycles. The van der Waals surface area contributed by atoms with Crippen LogP contribution in [0, 0.1) is 12.3 Å². The van der Waals surface area contributed by atoms with E-state index in [1.54, 1.807) is 0 Å². The molecule has 0 aromatic rings. The van der Waals surface area contributed by atoms with Crippen LogP contribution < -0.4 is 0 Å². The smallest absolute Gasteiger partial charge is 0.0830 e. The molecule has 1 aliphatic rings. The fraction of sp³-hybridized carbons (Fsp3) is 0.750. The number of hydrogen-bond donors (Lipinski definition) is 0. The summed E-state index contributed by atoms with van der Waals surface area (Å²) in [6.45, 7) is 2.16. The van der Waals surface area contributed by atoms with Crippen molar-refractivity contribution in [2.75, 3.05) is 19.8 Å². The van der Waals surface area contributed by atoms with Gasteiger partial charge in [-0.1, -0.05) is 5.92 Å². The minimum Gasteiger partial charge on any atom is -0.378 e. The summed E-state index contributed by atoms with van der Waals surface area (Å²) in [6, 6.07) is 0. The van der Waals surface area contributed by atoms with Gasteiger partial charge in [-0.25, -0.2) is 0 Å². The summed E-state index contributed by atoms with van der Waals surface area (Å²) < 4.78 is 10.3. The maximum Gasteiger partial charge on any atom is 0.0830 e. The monoisotopic (exact) mass is 139 g/mol. The average molecular weight is 139 g/mol. The van der Waals surface area contributed by atoms with Crippen molar-refractivity contribution in [2.45, 2.75) is 18.9 Å². The van der Waals surface area contributed by atoms with Crippen LogP contribution in [0.15, 0.2) is 0 Å². The zero-order valence-corrected chi connectivity index (χ0v) is 5.93. The minimum absolute atomic E-state index is 0.325. The van der Waals surface area contributed by atoms with E-state index in [2.05, 4.69) is 5.92 Å². The molecule has 1 aliphatic heterocycles. The van der Waals surface area contributed by atoms with Gasteiger partial charge in [0.05, 0.1) is 19.3 Å². The molecule has 10 heavy (non-hydrogen) atoms. The Morgan fingerprint density at radius 2 is 2.50 bits per heavy atom. The second-order valence-electron chi connectivity index (χ2n) is 2.28. The highest BCUT2D eigenvalue weighted by atomic mass is 16.5. The fourth-order valence-electron chi connectivity index (χ4n) is 0.754. The SMILES string of the molecule is [C]#CCCOCC1CCO1. The Kier molecular flexibility index (Phi) is 3.28. The second kappa shape index (κ2) is 4.32. The first-order chi connectivity index (χ1) is 4.93. The van der Waals surface area contributed by atoms with Gasteiger partial charge in [0, 0.05) is 13.0 Å². The summed E-state index contributed by atoms with van der Waals surface area (Å²) in [7, 11) is 0. The van der Waals surface area contributed by atoms with Crippen LogP contribution >= 0.6 is 0 Å². The Morgan fingerprint density at radius 3 is 3.00 bits per heavy atom. The minimum atomic E-state index is 0.325. The van der Waals surface area contributed by atoms with Crippen molar-refractivity contribution in [3.63, 3.8) is 0 Å². The first kappa shape index (κ1) is 7.59. The first-order valence-electron chi connectivity index (χ1n) is 3.52. The molecule has 55 valence electrons. The Hall–Kier alpha value is -0.520. The summed E-state index contributed by atoms with van der Waals surface area (Å²) in [5, 5.41) is 0. The molecule has 1 fully saturated rings. The molecule has 0 saturated carbocycles. The highest BCUT2D eigenvalue weighted by Crippen LogP contribution is 2.10. The number of ether oxygens (including phenoxy) is 2. The first-order valence-corrected chi connectivity index (χ1v) is 3.52. The van der Waals surface area contributed by atoms with Gasteiger partial charge in [0.15, 0.2) is 0 Å². The van der Waals surface area contributed by atoms with E-state index in [1.165, 1.54) is 0 Å². The molecule has 0 bridgehead atoms. The van der Waals surface area contributed by atoms with Gasteiger partial charge in [-0.3, -0.25) is 0 Å². The van der Waals surface area contributed by atoms with Crippen LogP contribution in [0.25, 0.3) is 0 Å². The maximum atomic E-state index is 6.59. The molecule has 1 radical (unpaired) electrons. The lowest BCUT2D eigenvalue weighted by Gasteiger charge is -2.25. The lowest BCUT2D eigenvalue weighted by Crippen LogP contribution is -2.31. The van der Waals surface area contributed by atoms with Crippen LogP contribution in [0.5, 0.6) is 0 Å². The standard InChI is InChI=1S/C8H11O2/c1-2-3-5-9-7-8-4-6-10-8/h8H,3-7H2. The van der Waals surface area contributed by atoms with Gasteiger partial charge >= 0.3 is 0 Å². The van der Waals surface area contributed by atoms with Crippen molar-refractivity contribution < 1.29 is 9.47 Å². The largest absolute Gasteiger partial charge is 0.378 e. The molecule has 2 heteroatoms. The third kappa shape index (κ3) is 2.38. The van der Waals surface area contributed by atoms with Gasteiger partial charge in [-0.05, 0) is 12.8 Å². The highest BCUT2D eigenvalue weighted by molar-refractivity contribution is 4.74. The van der Waals surface area contributed by atoms with E-state index >= 15 is 0 Å². The summed E-state index contributed by atoms with van der Waals surface area (Å²) >= 11 is 0. The third-order valence-corrected chi connectivity index (χ3v) is 1.47. The van der Waals surface area contributed by atoms with Crippen molar-refractivity contribution in [3.8, 4) is 5.92 Å². The van der Waals surface area contributed by atoms with Crippen molar-refractivity contribution in [1.29, 1.82) is 0 Å². The van der Waals surface area contributed by atoms with Crippen LogP contribution in [0.2, 0.25) is 0 Å². The van der Waals surface area contributed by atoms with E-state index in [1.807, 2.05) is 0 Å². The van der Waals surface area contributed by atoms with Crippen LogP contribution in [0.1, 0.15) is 12.8 Å².